The van der Waals surface area contributed by atoms with Crippen LogP contribution in [0, 0.1) is 0 Å². The number of carbonyl (C=O) groups excluding carboxylic acids is 1. The summed E-state index contributed by atoms with van der Waals surface area (Å²) in [5.41, 5.74) is 2.13. The molecule has 2 aromatic carbocycles. The van der Waals surface area contributed by atoms with Crippen molar-refractivity contribution in [2.24, 2.45) is 0 Å². The van der Waals surface area contributed by atoms with Crippen molar-refractivity contribution in [2.75, 3.05) is 5.32 Å². The minimum Gasteiger partial charge on any atom is -0.302 e. The number of halogens is 2. The molecule has 6 heteroatoms. The Bertz CT molecular complexity index is 831. The van der Waals surface area contributed by atoms with E-state index in [4.69, 9.17) is 11.6 Å². The molecule has 0 aliphatic carbocycles. The predicted octanol–water partition coefficient (Wildman–Crippen LogP) is 5.33. The van der Waals surface area contributed by atoms with Crippen molar-refractivity contribution < 1.29 is 4.79 Å². The van der Waals surface area contributed by atoms with Crippen LogP contribution < -0.4 is 5.32 Å². The predicted molar refractivity (Wildman–Crippen MR) is 103 cm³/mol. The number of aromatic nitrogens is 1. The van der Waals surface area contributed by atoms with Crippen molar-refractivity contribution in [3.8, 4) is 0 Å². The van der Waals surface area contributed by atoms with Crippen LogP contribution >= 0.6 is 38.9 Å². The quantitative estimate of drug-likeness (QED) is 0.605. The fourth-order valence-corrected chi connectivity index (χ4v) is 3.45. The van der Waals surface area contributed by atoms with Crippen LogP contribution in [0.25, 0.3) is 0 Å². The van der Waals surface area contributed by atoms with Crippen LogP contribution in [-0.2, 0) is 17.6 Å². The molecule has 0 spiro atoms. The van der Waals surface area contributed by atoms with Crippen molar-refractivity contribution >= 4 is 49.9 Å². The molecule has 1 heterocycles. The first-order valence-electron chi connectivity index (χ1n) is 7.32. The second-order valence-electron chi connectivity index (χ2n) is 5.29. The molecule has 3 nitrogen and oxygen atoms in total. The van der Waals surface area contributed by atoms with E-state index in [1.54, 1.807) is 6.20 Å². The van der Waals surface area contributed by atoms with Gasteiger partial charge in [0.2, 0.25) is 5.91 Å². The maximum Gasteiger partial charge on any atom is 0.230 e. The van der Waals surface area contributed by atoms with Gasteiger partial charge < -0.3 is 5.32 Å². The first kappa shape index (κ1) is 17.1. The molecule has 0 aliphatic rings. The molecule has 24 heavy (non-hydrogen) atoms. The molecule has 0 atom stereocenters. The van der Waals surface area contributed by atoms with Crippen molar-refractivity contribution in [2.45, 2.75) is 12.8 Å². The summed E-state index contributed by atoms with van der Waals surface area (Å²) in [6.45, 7) is 0. The Morgan fingerprint density at radius 3 is 2.46 bits per heavy atom. The lowest BCUT2D eigenvalue weighted by molar-refractivity contribution is -0.115. The molecule has 3 aromatic rings. The summed E-state index contributed by atoms with van der Waals surface area (Å²) in [6.07, 6.45) is 2.91. The lowest BCUT2D eigenvalue weighted by atomic mass is 10.1. The average molecular weight is 422 g/mol. The summed E-state index contributed by atoms with van der Waals surface area (Å²) >= 11 is 10.8. The van der Waals surface area contributed by atoms with Gasteiger partial charge in [-0.15, -0.1) is 11.3 Å². The molecule has 0 radical (unpaired) electrons. The molecule has 3 rings (SSSR count). The highest BCUT2D eigenvalue weighted by Gasteiger charge is 2.08. The molecule has 0 bridgehead atoms. The van der Waals surface area contributed by atoms with Gasteiger partial charge in [-0.1, -0.05) is 51.8 Å². The van der Waals surface area contributed by atoms with E-state index in [9.17, 15) is 4.79 Å². The molecule has 0 unspecified atom stereocenters. The van der Waals surface area contributed by atoms with E-state index in [0.717, 1.165) is 31.9 Å². The maximum atomic E-state index is 12.1. The van der Waals surface area contributed by atoms with Gasteiger partial charge in [-0.05, 0) is 35.4 Å². The third-order valence-electron chi connectivity index (χ3n) is 3.37. The molecule has 1 N–H and O–H groups in total. The van der Waals surface area contributed by atoms with Crippen molar-refractivity contribution in [1.29, 1.82) is 0 Å². The van der Waals surface area contributed by atoms with E-state index in [2.05, 4.69) is 26.2 Å². The fourth-order valence-electron chi connectivity index (χ4n) is 2.20. The molecular formula is C18H14BrClN2OS. The Balaban J connectivity index is 1.58. The second-order valence-corrected chi connectivity index (χ2v) is 7.75. The largest absolute Gasteiger partial charge is 0.302 e. The highest BCUT2D eigenvalue weighted by Crippen LogP contribution is 2.22. The molecular weight excluding hydrogens is 408 g/mol. The number of anilines is 1. The molecule has 0 fully saturated rings. The van der Waals surface area contributed by atoms with Gasteiger partial charge in [0.15, 0.2) is 5.13 Å². The fraction of sp³-hybridized carbons (Fsp3) is 0.111. The van der Waals surface area contributed by atoms with E-state index < -0.39 is 0 Å². The Morgan fingerprint density at radius 2 is 1.75 bits per heavy atom. The zero-order valence-corrected chi connectivity index (χ0v) is 15.8. The topological polar surface area (TPSA) is 42.0 Å². The lowest BCUT2D eigenvalue weighted by Gasteiger charge is -2.02. The standard InChI is InChI=1S/C18H14BrClN2OS/c19-14-5-1-13(2-6-14)10-17(23)22-18-21-11-16(24-18)9-12-3-7-15(20)8-4-12/h1-8,11H,9-10H2,(H,21,22,23). The van der Waals surface area contributed by atoms with Crippen LogP contribution in [0.2, 0.25) is 5.02 Å². The Kier molecular flexibility index (Phi) is 5.66. The van der Waals surface area contributed by atoms with Gasteiger partial charge in [0, 0.05) is 27.0 Å². The van der Waals surface area contributed by atoms with E-state index in [1.165, 1.54) is 11.3 Å². The number of thiazole rings is 1. The van der Waals surface area contributed by atoms with Gasteiger partial charge in [0.1, 0.15) is 0 Å². The summed E-state index contributed by atoms with van der Waals surface area (Å²) in [6, 6.07) is 15.4. The lowest BCUT2D eigenvalue weighted by Crippen LogP contribution is -2.14. The number of hydrogen-bond donors (Lipinski definition) is 1. The number of nitrogens with zero attached hydrogens (tertiary/aromatic N) is 1. The minimum absolute atomic E-state index is 0.0651. The van der Waals surface area contributed by atoms with E-state index >= 15 is 0 Å². The molecule has 0 saturated carbocycles. The van der Waals surface area contributed by atoms with Gasteiger partial charge in [-0.2, -0.15) is 0 Å². The van der Waals surface area contributed by atoms with Crippen LogP contribution in [0.1, 0.15) is 16.0 Å². The SMILES string of the molecule is O=C(Cc1ccc(Br)cc1)Nc1ncc(Cc2ccc(Cl)cc2)s1. The summed E-state index contributed by atoms with van der Waals surface area (Å²) in [5, 5.41) is 4.21. The van der Waals surface area contributed by atoms with Gasteiger partial charge in [-0.25, -0.2) is 4.98 Å². The summed E-state index contributed by atoms with van der Waals surface area (Å²) < 4.78 is 0.999. The number of hydrogen-bond acceptors (Lipinski definition) is 3. The molecule has 122 valence electrons. The highest BCUT2D eigenvalue weighted by atomic mass is 79.9. The number of carbonyl (C=O) groups is 1. The third-order valence-corrected chi connectivity index (χ3v) is 5.06. The normalized spacial score (nSPS) is 10.6. The molecule has 1 aromatic heterocycles. The van der Waals surface area contributed by atoms with Gasteiger partial charge in [0.05, 0.1) is 6.42 Å². The summed E-state index contributed by atoms with van der Waals surface area (Å²) in [4.78, 5) is 17.5. The molecule has 0 aliphatic heterocycles. The van der Waals surface area contributed by atoms with Crippen LogP contribution in [0.3, 0.4) is 0 Å². The van der Waals surface area contributed by atoms with Crippen LogP contribution in [0.5, 0.6) is 0 Å². The first-order valence-corrected chi connectivity index (χ1v) is 9.31. The Labute approximate surface area is 157 Å². The number of amides is 1. The maximum absolute atomic E-state index is 12.1. The van der Waals surface area contributed by atoms with Gasteiger partial charge in [-0.3, -0.25) is 4.79 Å². The van der Waals surface area contributed by atoms with Crippen molar-refractivity contribution in [3.05, 3.63) is 80.2 Å². The first-order chi connectivity index (χ1) is 11.6. The van der Waals surface area contributed by atoms with Crippen molar-refractivity contribution in [3.63, 3.8) is 0 Å². The van der Waals surface area contributed by atoms with Crippen LogP contribution in [-0.4, -0.2) is 10.9 Å². The zero-order chi connectivity index (χ0) is 16.9. The smallest absolute Gasteiger partial charge is 0.230 e. The van der Waals surface area contributed by atoms with Gasteiger partial charge in [0.25, 0.3) is 0 Å². The highest BCUT2D eigenvalue weighted by molar-refractivity contribution is 9.10. The summed E-state index contributed by atoms with van der Waals surface area (Å²) in [7, 11) is 0. The Hall–Kier alpha value is -1.69. The zero-order valence-electron chi connectivity index (χ0n) is 12.6. The third kappa shape index (κ3) is 4.90. The second kappa shape index (κ2) is 7.92. The number of rotatable bonds is 5. The summed E-state index contributed by atoms with van der Waals surface area (Å²) in [5.74, 6) is -0.0651. The molecule has 1 amide bonds. The van der Waals surface area contributed by atoms with Crippen LogP contribution in [0.4, 0.5) is 5.13 Å². The van der Waals surface area contributed by atoms with E-state index in [1.807, 2.05) is 48.5 Å². The minimum atomic E-state index is -0.0651. The van der Waals surface area contributed by atoms with E-state index in [-0.39, 0.29) is 5.91 Å². The van der Waals surface area contributed by atoms with Gasteiger partial charge >= 0.3 is 0 Å². The number of benzene rings is 2. The van der Waals surface area contributed by atoms with Crippen LogP contribution in [0.15, 0.2) is 59.2 Å². The average Bonchev–Trinajstić information content (AvgIpc) is 2.99. The monoisotopic (exact) mass is 420 g/mol. The number of nitrogens with one attached hydrogen (secondary N) is 1. The van der Waals surface area contributed by atoms with E-state index in [0.29, 0.717) is 11.6 Å². The molecule has 0 saturated heterocycles. The Morgan fingerprint density at radius 1 is 1.08 bits per heavy atom. The van der Waals surface area contributed by atoms with Crippen molar-refractivity contribution in [1.82, 2.24) is 4.98 Å².